The van der Waals surface area contributed by atoms with Crippen molar-refractivity contribution >= 4 is 65.5 Å². The maximum Gasteiger partial charge on any atom is 0.416 e. The van der Waals surface area contributed by atoms with Gasteiger partial charge in [-0.1, -0.05) is 34.1 Å². The van der Waals surface area contributed by atoms with Gasteiger partial charge in [0.2, 0.25) is 0 Å². The van der Waals surface area contributed by atoms with E-state index in [2.05, 4.69) is 53.1 Å². The monoisotopic (exact) mass is 656 g/mol. The van der Waals surface area contributed by atoms with Gasteiger partial charge in [-0.15, -0.1) is 0 Å². The largest absolute Gasteiger partial charge is 0.487 e. The van der Waals surface area contributed by atoms with Crippen molar-refractivity contribution < 1.29 is 22.7 Å². The molecular weight excluding hydrogens is 645 g/mol. The zero-order valence-electron chi connectivity index (χ0n) is 17.1. The molecule has 1 N–H and O–H groups in total. The van der Waals surface area contributed by atoms with Gasteiger partial charge in [0.1, 0.15) is 24.0 Å². The van der Waals surface area contributed by atoms with Gasteiger partial charge in [-0.2, -0.15) is 18.4 Å². The number of halogens is 6. The predicted molar refractivity (Wildman–Crippen MR) is 134 cm³/mol. The smallest absolute Gasteiger partial charge is 0.416 e. The van der Waals surface area contributed by atoms with Crippen LogP contribution in [0.1, 0.15) is 16.7 Å². The second-order valence-electron chi connectivity index (χ2n) is 6.93. The summed E-state index contributed by atoms with van der Waals surface area (Å²) in [6.45, 7) is 0.322. The fourth-order valence-electron chi connectivity index (χ4n) is 2.82. The van der Waals surface area contributed by atoms with Gasteiger partial charge >= 0.3 is 6.18 Å². The maximum absolute atomic E-state index is 12.9. The van der Waals surface area contributed by atoms with E-state index in [4.69, 9.17) is 4.74 Å². The van der Waals surface area contributed by atoms with Crippen LogP contribution in [-0.2, 0) is 17.6 Å². The normalized spacial score (nSPS) is 11.6. The summed E-state index contributed by atoms with van der Waals surface area (Å²) in [7, 11) is 0. The SMILES string of the molecule is N#C/C(=C\c1cc(Br)c(OCc2ccc(Br)cc2)c(Br)c1)C(=O)Nc1cccc(C(F)(F)F)c1. The molecule has 0 aromatic heterocycles. The van der Waals surface area contributed by atoms with Gasteiger partial charge in [-0.25, -0.2) is 0 Å². The highest BCUT2D eigenvalue weighted by Gasteiger charge is 2.30. The fraction of sp³-hybridized carbons (Fsp3) is 0.0833. The van der Waals surface area contributed by atoms with Crippen molar-refractivity contribution in [2.24, 2.45) is 0 Å². The molecule has 10 heteroatoms. The fourth-order valence-corrected chi connectivity index (χ4v) is 4.54. The maximum atomic E-state index is 12.9. The van der Waals surface area contributed by atoms with Gasteiger partial charge in [0.15, 0.2) is 0 Å². The van der Waals surface area contributed by atoms with Gasteiger partial charge in [0, 0.05) is 10.2 Å². The number of amides is 1. The first-order chi connectivity index (χ1) is 16.1. The molecule has 0 radical (unpaired) electrons. The Morgan fingerprint density at radius 3 is 2.26 bits per heavy atom. The lowest BCUT2D eigenvalue weighted by Crippen LogP contribution is -2.14. The van der Waals surface area contributed by atoms with Crippen LogP contribution in [0.4, 0.5) is 18.9 Å². The molecule has 1 amide bonds. The van der Waals surface area contributed by atoms with Crippen molar-refractivity contribution in [1.29, 1.82) is 5.26 Å². The molecular formula is C24H14Br3F3N2O2. The number of anilines is 1. The van der Waals surface area contributed by atoms with Crippen molar-refractivity contribution in [3.8, 4) is 11.8 Å². The lowest BCUT2D eigenvalue weighted by Gasteiger charge is -2.12. The van der Waals surface area contributed by atoms with Gasteiger partial charge in [-0.05, 0) is 91.5 Å². The summed E-state index contributed by atoms with van der Waals surface area (Å²) in [6, 6.07) is 17.0. The van der Waals surface area contributed by atoms with Crippen molar-refractivity contribution in [2.45, 2.75) is 12.8 Å². The Labute approximate surface area is 218 Å². The summed E-state index contributed by atoms with van der Waals surface area (Å²) in [5.41, 5.74) is 0.216. The van der Waals surface area contributed by atoms with E-state index in [0.717, 1.165) is 22.2 Å². The molecule has 0 unspecified atom stereocenters. The number of hydrogen-bond donors (Lipinski definition) is 1. The number of nitrogens with one attached hydrogen (secondary N) is 1. The average molecular weight is 659 g/mol. The molecule has 0 atom stereocenters. The molecule has 0 bridgehead atoms. The molecule has 0 fully saturated rings. The first-order valence-corrected chi connectivity index (χ1v) is 11.9. The molecule has 0 heterocycles. The topological polar surface area (TPSA) is 62.1 Å². The lowest BCUT2D eigenvalue weighted by atomic mass is 10.1. The summed E-state index contributed by atoms with van der Waals surface area (Å²) in [4.78, 5) is 12.5. The van der Waals surface area contributed by atoms with Crippen LogP contribution in [0.2, 0.25) is 0 Å². The third-order valence-corrected chi connectivity index (χ3v) is 6.15. The highest BCUT2D eigenvalue weighted by molar-refractivity contribution is 9.11. The number of ether oxygens (including phenoxy) is 1. The number of carbonyl (C=O) groups is 1. The Bertz CT molecular complexity index is 1260. The van der Waals surface area contributed by atoms with Crippen LogP contribution >= 0.6 is 47.8 Å². The first-order valence-electron chi connectivity index (χ1n) is 9.53. The van der Waals surface area contributed by atoms with Crippen LogP contribution in [0.5, 0.6) is 5.75 Å². The van der Waals surface area contributed by atoms with E-state index < -0.39 is 17.6 Å². The number of nitriles is 1. The van der Waals surface area contributed by atoms with Crippen LogP contribution in [0, 0.1) is 11.3 Å². The van der Waals surface area contributed by atoms with E-state index in [1.807, 2.05) is 24.3 Å². The Kier molecular flexibility index (Phi) is 8.57. The molecule has 3 aromatic carbocycles. The van der Waals surface area contributed by atoms with Crippen molar-refractivity contribution in [2.75, 3.05) is 5.32 Å². The average Bonchev–Trinajstić information content (AvgIpc) is 2.77. The zero-order chi connectivity index (χ0) is 24.9. The van der Waals surface area contributed by atoms with E-state index in [9.17, 15) is 23.2 Å². The highest BCUT2D eigenvalue weighted by atomic mass is 79.9. The van der Waals surface area contributed by atoms with E-state index in [1.54, 1.807) is 18.2 Å². The summed E-state index contributed by atoms with van der Waals surface area (Å²) in [5.74, 6) is -0.295. The molecule has 3 rings (SSSR count). The minimum Gasteiger partial charge on any atom is -0.487 e. The Morgan fingerprint density at radius 1 is 1.03 bits per heavy atom. The van der Waals surface area contributed by atoms with E-state index in [0.29, 0.717) is 26.9 Å². The third-order valence-electron chi connectivity index (χ3n) is 4.44. The molecule has 0 aliphatic carbocycles. The molecule has 0 aliphatic rings. The standard InChI is InChI=1S/C24H14Br3F3N2O2/c25-18-6-4-14(5-7-18)13-34-22-20(26)9-15(10-21(22)27)8-16(12-31)23(33)32-19-3-1-2-17(11-19)24(28,29)30/h1-11H,13H2,(H,32,33)/b16-8+. The minimum absolute atomic E-state index is 0.0694. The second-order valence-corrected chi connectivity index (χ2v) is 9.56. The second kappa shape index (κ2) is 11.2. The predicted octanol–water partition coefficient (Wildman–Crippen LogP) is 8.12. The number of nitrogens with zero attached hydrogens (tertiary/aromatic N) is 1. The van der Waals surface area contributed by atoms with Crippen LogP contribution < -0.4 is 10.1 Å². The first kappa shape index (κ1) is 26.0. The van der Waals surface area contributed by atoms with Gasteiger partial charge in [0.05, 0.1) is 14.5 Å². The summed E-state index contributed by atoms with van der Waals surface area (Å²) >= 11 is 10.2. The summed E-state index contributed by atoms with van der Waals surface area (Å²) in [5, 5.41) is 11.8. The Balaban J connectivity index is 1.77. The van der Waals surface area contributed by atoms with Crippen molar-refractivity contribution in [3.05, 3.63) is 96.3 Å². The van der Waals surface area contributed by atoms with Crippen LogP contribution in [0.3, 0.4) is 0 Å². The van der Waals surface area contributed by atoms with E-state index in [1.165, 1.54) is 18.2 Å². The number of alkyl halides is 3. The molecule has 0 saturated carbocycles. The van der Waals surface area contributed by atoms with Crippen LogP contribution in [0.25, 0.3) is 6.08 Å². The molecule has 4 nitrogen and oxygen atoms in total. The molecule has 0 spiro atoms. The van der Waals surface area contributed by atoms with Crippen molar-refractivity contribution in [1.82, 2.24) is 0 Å². The number of rotatable bonds is 6. The Morgan fingerprint density at radius 2 is 1.68 bits per heavy atom. The van der Waals surface area contributed by atoms with E-state index in [-0.39, 0.29) is 11.3 Å². The highest BCUT2D eigenvalue weighted by Crippen LogP contribution is 2.36. The number of hydrogen-bond acceptors (Lipinski definition) is 3. The zero-order valence-corrected chi connectivity index (χ0v) is 21.8. The summed E-state index contributed by atoms with van der Waals surface area (Å²) in [6.07, 6.45) is -3.22. The third kappa shape index (κ3) is 6.95. The van der Waals surface area contributed by atoms with E-state index >= 15 is 0 Å². The van der Waals surface area contributed by atoms with Crippen LogP contribution in [-0.4, -0.2) is 5.91 Å². The molecule has 3 aromatic rings. The minimum atomic E-state index is -4.55. The van der Waals surface area contributed by atoms with Crippen molar-refractivity contribution in [3.63, 3.8) is 0 Å². The molecule has 34 heavy (non-hydrogen) atoms. The Hall–Kier alpha value is -2.61. The quantitative estimate of drug-likeness (QED) is 0.215. The lowest BCUT2D eigenvalue weighted by molar-refractivity contribution is -0.137. The molecule has 0 saturated heterocycles. The molecule has 0 aliphatic heterocycles. The van der Waals surface area contributed by atoms with Gasteiger partial charge in [-0.3, -0.25) is 4.79 Å². The number of benzene rings is 3. The summed E-state index contributed by atoms with van der Waals surface area (Å²) < 4.78 is 46.7. The van der Waals surface area contributed by atoms with Crippen LogP contribution in [0.15, 0.2) is 79.7 Å². The molecule has 174 valence electrons. The van der Waals surface area contributed by atoms with Gasteiger partial charge < -0.3 is 10.1 Å². The van der Waals surface area contributed by atoms with Gasteiger partial charge in [0.25, 0.3) is 5.91 Å². The number of carbonyl (C=O) groups excluding carboxylic acids is 1.